The van der Waals surface area contributed by atoms with Gasteiger partial charge in [-0.3, -0.25) is 0 Å². The van der Waals surface area contributed by atoms with E-state index in [1.165, 1.54) is 0 Å². The Morgan fingerprint density at radius 1 is 1.04 bits per heavy atom. The predicted molar refractivity (Wildman–Crippen MR) is 101 cm³/mol. The average Bonchev–Trinajstić information content (AvgIpc) is 2.76. The highest BCUT2D eigenvalue weighted by atomic mass is 35.5. The molecule has 0 bridgehead atoms. The van der Waals surface area contributed by atoms with E-state index in [9.17, 15) is 0 Å². The average molecular weight is 362 g/mol. The first-order chi connectivity index (χ1) is 11.7. The van der Waals surface area contributed by atoms with Gasteiger partial charge in [0, 0.05) is 17.0 Å². The lowest BCUT2D eigenvalue weighted by molar-refractivity contribution is 0.00578. The second-order valence-electron chi connectivity index (χ2n) is 7.28. The second-order valence-corrected chi connectivity index (χ2v) is 7.72. The van der Waals surface area contributed by atoms with Crippen LogP contribution in [0.5, 0.6) is 0 Å². The van der Waals surface area contributed by atoms with E-state index in [0.29, 0.717) is 22.7 Å². The first-order valence-corrected chi connectivity index (χ1v) is 8.70. The number of benzene rings is 2. The lowest BCUT2D eigenvalue weighted by Gasteiger charge is -2.32. The van der Waals surface area contributed by atoms with Crippen LogP contribution in [0.4, 0.5) is 10.1 Å². The summed E-state index contributed by atoms with van der Waals surface area (Å²) in [5.74, 6) is -0.404. The Hall–Kier alpha value is -1.56. The normalized spacial score (nSPS) is 18.4. The summed E-state index contributed by atoms with van der Waals surface area (Å²) in [5.41, 5.74) is 0.621. The first kappa shape index (κ1) is 18.2. The zero-order valence-corrected chi connectivity index (χ0v) is 15.7. The number of anilines is 1. The molecule has 3 nitrogen and oxygen atoms in total. The third kappa shape index (κ3) is 3.69. The summed E-state index contributed by atoms with van der Waals surface area (Å²) in [6, 6.07) is 12.9. The molecule has 0 amide bonds. The zero-order valence-electron chi connectivity index (χ0n) is 14.9. The van der Waals surface area contributed by atoms with Crippen LogP contribution in [0.15, 0.2) is 42.5 Å². The molecule has 2 aromatic carbocycles. The van der Waals surface area contributed by atoms with E-state index in [1.807, 2.05) is 58.0 Å². The van der Waals surface area contributed by atoms with E-state index in [2.05, 4.69) is 5.32 Å². The Kier molecular flexibility index (Phi) is 4.84. The third-order valence-electron chi connectivity index (χ3n) is 4.90. The molecule has 1 saturated heterocycles. The van der Waals surface area contributed by atoms with Crippen LogP contribution in [0.1, 0.15) is 33.3 Å². The molecule has 0 saturated carbocycles. The highest BCUT2D eigenvalue weighted by Crippen LogP contribution is 2.37. The van der Waals surface area contributed by atoms with Gasteiger partial charge in [-0.2, -0.15) is 0 Å². The first-order valence-electron chi connectivity index (χ1n) is 8.32. The van der Waals surface area contributed by atoms with Gasteiger partial charge in [-0.05, 0) is 45.4 Å². The quantitative estimate of drug-likeness (QED) is 0.819. The molecule has 1 N–H and O–H groups in total. The summed E-state index contributed by atoms with van der Waals surface area (Å²) >= 11 is 6.21. The fraction of sp³-hybridized carbons (Fsp3) is 0.368. The Morgan fingerprint density at radius 3 is 2.24 bits per heavy atom. The minimum atomic E-state index is -0.791. The number of rotatable bonds is 4. The highest BCUT2D eigenvalue weighted by Gasteiger charge is 2.52. The highest BCUT2D eigenvalue weighted by molar-refractivity contribution is 6.62. The largest absolute Gasteiger partial charge is 0.497 e. The molecule has 0 unspecified atom stereocenters. The predicted octanol–water partition coefficient (Wildman–Crippen LogP) is 4.39. The lowest BCUT2D eigenvalue weighted by atomic mass is 9.78. The molecular formula is C19H22BClFNO2. The van der Waals surface area contributed by atoms with Gasteiger partial charge >= 0.3 is 7.12 Å². The molecular weight excluding hydrogens is 339 g/mol. The molecule has 0 atom stereocenters. The topological polar surface area (TPSA) is 30.5 Å². The van der Waals surface area contributed by atoms with Crippen LogP contribution in [-0.4, -0.2) is 18.3 Å². The maximum Gasteiger partial charge on any atom is 0.497 e. The number of hydrogen-bond donors (Lipinski definition) is 1. The maximum atomic E-state index is 15.0. The van der Waals surface area contributed by atoms with E-state index < -0.39 is 24.1 Å². The smallest absolute Gasteiger partial charge is 0.399 e. The molecule has 0 spiro atoms. The molecule has 1 aliphatic heterocycles. The summed E-state index contributed by atoms with van der Waals surface area (Å²) in [7, 11) is -0.791. The molecule has 1 aliphatic rings. The molecule has 1 fully saturated rings. The van der Waals surface area contributed by atoms with Crippen molar-refractivity contribution in [2.45, 2.75) is 45.4 Å². The minimum Gasteiger partial charge on any atom is -0.399 e. The van der Waals surface area contributed by atoms with Gasteiger partial charge in [0.2, 0.25) is 0 Å². The molecule has 0 aromatic heterocycles. The molecule has 0 aliphatic carbocycles. The Morgan fingerprint density at radius 2 is 1.64 bits per heavy atom. The van der Waals surface area contributed by atoms with Gasteiger partial charge < -0.3 is 14.6 Å². The van der Waals surface area contributed by atoms with Gasteiger partial charge in [0.1, 0.15) is 5.82 Å². The second kappa shape index (κ2) is 6.63. The molecule has 0 radical (unpaired) electrons. The molecule has 6 heteroatoms. The van der Waals surface area contributed by atoms with Crippen LogP contribution in [0, 0.1) is 5.82 Å². The van der Waals surface area contributed by atoms with E-state index in [0.717, 1.165) is 5.56 Å². The molecule has 25 heavy (non-hydrogen) atoms. The standard InChI is InChI=1S/C19H22BClFNO2/c1-18(2)19(3,4)25-20(24-18)15-10-14(21)11-16(17(15)22)23-12-13-8-6-5-7-9-13/h5-11,23H,12H2,1-4H3. The van der Waals surface area contributed by atoms with E-state index >= 15 is 4.39 Å². The summed E-state index contributed by atoms with van der Waals surface area (Å²) < 4.78 is 26.9. The SMILES string of the molecule is CC1(C)OB(c2cc(Cl)cc(NCc3ccccc3)c2F)OC1(C)C. The van der Waals surface area contributed by atoms with Crippen molar-refractivity contribution in [3.8, 4) is 0 Å². The van der Waals surface area contributed by atoms with Crippen LogP contribution in [0.25, 0.3) is 0 Å². The molecule has 132 valence electrons. The van der Waals surface area contributed by atoms with Crippen LogP contribution < -0.4 is 10.8 Å². The third-order valence-corrected chi connectivity index (χ3v) is 5.12. The summed E-state index contributed by atoms with van der Waals surface area (Å²) in [6.45, 7) is 8.24. The Balaban J connectivity index is 1.86. The van der Waals surface area contributed by atoms with Crippen molar-refractivity contribution in [1.29, 1.82) is 0 Å². The molecule has 2 aromatic rings. The number of hydrogen-bond acceptors (Lipinski definition) is 3. The monoisotopic (exact) mass is 361 g/mol. The van der Waals surface area contributed by atoms with Crippen molar-refractivity contribution in [2.24, 2.45) is 0 Å². The van der Waals surface area contributed by atoms with Crippen LogP contribution in [-0.2, 0) is 15.9 Å². The van der Waals surface area contributed by atoms with Gasteiger partial charge in [0.05, 0.1) is 16.9 Å². The van der Waals surface area contributed by atoms with Crippen LogP contribution >= 0.6 is 11.6 Å². The Labute approximate surface area is 153 Å². The van der Waals surface area contributed by atoms with Gasteiger partial charge in [-0.25, -0.2) is 4.39 Å². The van der Waals surface area contributed by atoms with Gasteiger partial charge in [0.15, 0.2) is 0 Å². The summed E-state index contributed by atoms with van der Waals surface area (Å²) in [5, 5.41) is 3.54. The zero-order chi connectivity index (χ0) is 18.2. The lowest BCUT2D eigenvalue weighted by Crippen LogP contribution is -2.41. The maximum absolute atomic E-state index is 15.0. The van der Waals surface area contributed by atoms with Crippen molar-refractivity contribution in [3.05, 3.63) is 58.9 Å². The van der Waals surface area contributed by atoms with Crippen LogP contribution in [0.2, 0.25) is 5.02 Å². The van der Waals surface area contributed by atoms with Crippen molar-refractivity contribution in [2.75, 3.05) is 5.32 Å². The number of nitrogens with one attached hydrogen (secondary N) is 1. The van der Waals surface area contributed by atoms with Crippen molar-refractivity contribution in [1.82, 2.24) is 0 Å². The Bertz CT molecular complexity index is 752. The molecule has 3 rings (SSSR count). The minimum absolute atomic E-state index is 0.307. The summed E-state index contributed by atoms with van der Waals surface area (Å²) in [6.07, 6.45) is 0. The fourth-order valence-electron chi connectivity index (χ4n) is 2.67. The molecule has 1 heterocycles. The summed E-state index contributed by atoms with van der Waals surface area (Å²) in [4.78, 5) is 0. The van der Waals surface area contributed by atoms with E-state index in [-0.39, 0.29) is 0 Å². The van der Waals surface area contributed by atoms with E-state index in [1.54, 1.807) is 12.1 Å². The van der Waals surface area contributed by atoms with Crippen LogP contribution in [0.3, 0.4) is 0 Å². The van der Waals surface area contributed by atoms with Crippen molar-refractivity contribution in [3.63, 3.8) is 0 Å². The van der Waals surface area contributed by atoms with Gasteiger partial charge in [-0.1, -0.05) is 41.9 Å². The van der Waals surface area contributed by atoms with Crippen molar-refractivity contribution < 1.29 is 13.7 Å². The van der Waals surface area contributed by atoms with E-state index in [4.69, 9.17) is 20.9 Å². The van der Waals surface area contributed by atoms with Gasteiger partial charge in [0.25, 0.3) is 0 Å². The van der Waals surface area contributed by atoms with Gasteiger partial charge in [-0.15, -0.1) is 0 Å². The fourth-order valence-corrected chi connectivity index (χ4v) is 2.90. The van der Waals surface area contributed by atoms with Crippen molar-refractivity contribution >= 4 is 29.9 Å². The number of halogens is 2.